The van der Waals surface area contributed by atoms with Crippen LogP contribution >= 0.6 is 0 Å². The van der Waals surface area contributed by atoms with Crippen LogP contribution in [0.2, 0.25) is 0 Å². The van der Waals surface area contributed by atoms with E-state index in [-0.39, 0.29) is 17.1 Å². The summed E-state index contributed by atoms with van der Waals surface area (Å²) in [6.45, 7) is 0.0791. The first kappa shape index (κ1) is 14.9. The van der Waals surface area contributed by atoms with Crippen LogP contribution in [0, 0.1) is 10.1 Å². The third kappa shape index (κ3) is 3.52. The van der Waals surface area contributed by atoms with Gasteiger partial charge in [-0.25, -0.2) is 18.1 Å². The molecular weight excluding hydrogens is 300 g/mol. The first-order valence-electron chi connectivity index (χ1n) is 5.78. The third-order valence-electron chi connectivity index (χ3n) is 2.63. The number of aromatic nitrogens is 3. The molecule has 0 aliphatic heterocycles. The second-order valence-corrected chi connectivity index (χ2v) is 5.82. The van der Waals surface area contributed by atoms with E-state index in [1.54, 1.807) is 0 Å². The summed E-state index contributed by atoms with van der Waals surface area (Å²) in [6.07, 6.45) is 1.63. The van der Waals surface area contributed by atoms with Gasteiger partial charge in [0, 0.05) is 19.0 Å². The normalized spacial score (nSPS) is 11.4. The Hall–Kier alpha value is -2.53. The minimum atomic E-state index is -3.86. The van der Waals surface area contributed by atoms with Crippen LogP contribution < -0.4 is 10.5 Å². The highest BCUT2D eigenvalue weighted by atomic mass is 32.2. The van der Waals surface area contributed by atoms with Crippen LogP contribution in [0.25, 0.3) is 0 Å². The fourth-order valence-corrected chi connectivity index (χ4v) is 2.64. The number of nitrogens with two attached hydrogens (primary N) is 1. The summed E-state index contributed by atoms with van der Waals surface area (Å²) < 4.78 is 26.4. The number of nitro groups is 1. The smallest absolute Gasteiger partial charge is 0.293 e. The predicted molar refractivity (Wildman–Crippen MR) is 72.8 cm³/mol. The highest BCUT2D eigenvalue weighted by Gasteiger charge is 2.19. The molecule has 4 N–H and O–H groups in total. The van der Waals surface area contributed by atoms with E-state index in [4.69, 9.17) is 5.73 Å². The number of sulfonamides is 1. The minimum Gasteiger partial charge on any atom is -0.393 e. The van der Waals surface area contributed by atoms with Crippen molar-refractivity contribution in [3.63, 3.8) is 0 Å². The van der Waals surface area contributed by atoms with Crippen LogP contribution in [0.15, 0.2) is 29.4 Å². The zero-order valence-electron chi connectivity index (χ0n) is 10.7. The van der Waals surface area contributed by atoms with Crippen molar-refractivity contribution in [2.24, 2.45) is 0 Å². The van der Waals surface area contributed by atoms with Gasteiger partial charge in [0.25, 0.3) is 5.69 Å². The predicted octanol–water partition coefficient (Wildman–Crippen LogP) is -0.184. The van der Waals surface area contributed by atoms with Gasteiger partial charge in [-0.15, -0.1) is 0 Å². The molecule has 0 bridgehead atoms. The van der Waals surface area contributed by atoms with Crippen molar-refractivity contribution >= 4 is 21.4 Å². The number of H-pyrrole nitrogens is 1. The van der Waals surface area contributed by atoms with Gasteiger partial charge in [0.15, 0.2) is 0 Å². The Labute approximate surface area is 119 Å². The van der Waals surface area contributed by atoms with E-state index in [0.717, 1.165) is 6.07 Å². The van der Waals surface area contributed by atoms with Crippen LogP contribution in [0.1, 0.15) is 5.82 Å². The molecule has 0 unspecified atom stereocenters. The molecule has 112 valence electrons. The topological polar surface area (TPSA) is 157 Å². The van der Waals surface area contributed by atoms with Gasteiger partial charge >= 0.3 is 0 Å². The minimum absolute atomic E-state index is 0.0791. The van der Waals surface area contributed by atoms with Crippen LogP contribution in [-0.4, -0.2) is 35.1 Å². The van der Waals surface area contributed by atoms with Gasteiger partial charge in [-0.2, -0.15) is 5.10 Å². The second kappa shape index (κ2) is 5.85. The molecular formula is C10H12N6O4S. The number of nitrogens with zero attached hydrogens (tertiary/aromatic N) is 3. The number of nitrogens with one attached hydrogen (secondary N) is 2. The molecule has 11 heteroatoms. The molecule has 0 saturated carbocycles. The lowest BCUT2D eigenvalue weighted by atomic mass is 10.3. The molecule has 21 heavy (non-hydrogen) atoms. The fraction of sp³-hybridized carbons (Fsp3) is 0.200. The van der Waals surface area contributed by atoms with Gasteiger partial charge in [0.2, 0.25) is 10.0 Å². The molecule has 0 atom stereocenters. The van der Waals surface area contributed by atoms with Crippen molar-refractivity contribution in [2.45, 2.75) is 11.3 Å². The third-order valence-corrected chi connectivity index (χ3v) is 4.09. The van der Waals surface area contributed by atoms with Gasteiger partial charge in [-0.1, -0.05) is 0 Å². The number of nitrogen functional groups attached to an aromatic ring is 1. The number of rotatable bonds is 6. The number of aromatic amines is 1. The van der Waals surface area contributed by atoms with E-state index >= 15 is 0 Å². The monoisotopic (exact) mass is 312 g/mol. The first-order valence-corrected chi connectivity index (χ1v) is 7.26. The maximum atomic E-state index is 12.0. The Morgan fingerprint density at radius 1 is 1.43 bits per heavy atom. The van der Waals surface area contributed by atoms with E-state index in [2.05, 4.69) is 19.9 Å². The van der Waals surface area contributed by atoms with E-state index in [0.29, 0.717) is 12.2 Å². The first-order chi connectivity index (χ1) is 9.90. The number of nitro benzene ring substituents is 1. The average molecular weight is 312 g/mol. The second-order valence-electron chi connectivity index (χ2n) is 4.06. The van der Waals surface area contributed by atoms with E-state index in [9.17, 15) is 18.5 Å². The lowest BCUT2D eigenvalue weighted by Crippen LogP contribution is -2.26. The Morgan fingerprint density at radius 2 is 2.19 bits per heavy atom. The number of benzene rings is 1. The van der Waals surface area contributed by atoms with Crippen molar-refractivity contribution in [2.75, 3.05) is 12.3 Å². The molecule has 0 aliphatic carbocycles. The molecule has 2 rings (SSSR count). The summed E-state index contributed by atoms with van der Waals surface area (Å²) in [5, 5.41) is 17.0. The van der Waals surface area contributed by atoms with Gasteiger partial charge in [-0.3, -0.25) is 15.2 Å². The van der Waals surface area contributed by atoms with Gasteiger partial charge in [0.05, 0.1) is 9.82 Å². The quantitative estimate of drug-likeness (QED) is 0.379. The molecule has 2 aromatic rings. The number of hydrogen-bond acceptors (Lipinski definition) is 7. The lowest BCUT2D eigenvalue weighted by molar-refractivity contribution is -0.384. The molecule has 1 aromatic heterocycles. The summed E-state index contributed by atoms with van der Waals surface area (Å²) in [5.74, 6) is 0.529. The number of hydrogen-bond donors (Lipinski definition) is 3. The van der Waals surface area contributed by atoms with E-state index < -0.39 is 20.6 Å². The Morgan fingerprint density at radius 3 is 2.81 bits per heavy atom. The summed E-state index contributed by atoms with van der Waals surface area (Å²) in [4.78, 5) is 13.7. The molecule has 0 saturated heterocycles. The molecule has 1 aromatic carbocycles. The Bertz CT molecular complexity index is 743. The van der Waals surface area contributed by atoms with Crippen molar-refractivity contribution in [3.8, 4) is 0 Å². The molecule has 10 nitrogen and oxygen atoms in total. The Kier molecular flexibility index (Phi) is 4.14. The van der Waals surface area contributed by atoms with Crippen LogP contribution in [0.3, 0.4) is 0 Å². The maximum Gasteiger partial charge on any atom is 0.293 e. The van der Waals surface area contributed by atoms with Crippen LogP contribution in [-0.2, 0) is 16.4 Å². The van der Waals surface area contributed by atoms with E-state index in [1.165, 1.54) is 18.5 Å². The molecule has 0 amide bonds. The standard InChI is InChI=1S/C10H12N6O4S/c11-8-2-1-7(5-9(8)16(17)18)21(19,20)14-4-3-10-12-6-13-15-10/h1-2,5-6,14H,3-4,11H2,(H,12,13,15). The van der Waals surface area contributed by atoms with Gasteiger partial charge in [-0.05, 0) is 12.1 Å². The zero-order valence-corrected chi connectivity index (χ0v) is 11.5. The fourth-order valence-electron chi connectivity index (χ4n) is 1.59. The largest absolute Gasteiger partial charge is 0.393 e. The van der Waals surface area contributed by atoms with Crippen molar-refractivity contribution in [1.82, 2.24) is 19.9 Å². The van der Waals surface area contributed by atoms with Crippen LogP contribution in [0.5, 0.6) is 0 Å². The van der Waals surface area contributed by atoms with Gasteiger partial charge < -0.3 is 5.73 Å². The summed E-state index contributed by atoms with van der Waals surface area (Å²) in [5.41, 5.74) is 4.87. The molecule has 0 aliphatic rings. The summed E-state index contributed by atoms with van der Waals surface area (Å²) >= 11 is 0. The van der Waals surface area contributed by atoms with Crippen LogP contribution in [0.4, 0.5) is 11.4 Å². The average Bonchev–Trinajstić information content (AvgIpc) is 2.91. The van der Waals surface area contributed by atoms with Gasteiger partial charge in [0.1, 0.15) is 17.8 Å². The Balaban J connectivity index is 2.12. The van der Waals surface area contributed by atoms with E-state index in [1.807, 2.05) is 0 Å². The lowest BCUT2D eigenvalue weighted by Gasteiger charge is -2.06. The highest BCUT2D eigenvalue weighted by Crippen LogP contribution is 2.24. The maximum absolute atomic E-state index is 12.0. The molecule has 0 radical (unpaired) electrons. The molecule has 0 spiro atoms. The van der Waals surface area contributed by atoms with Crippen molar-refractivity contribution in [3.05, 3.63) is 40.5 Å². The SMILES string of the molecule is Nc1ccc(S(=O)(=O)NCCc2ncn[nH]2)cc1[N+](=O)[O-]. The molecule has 0 fully saturated rings. The van der Waals surface area contributed by atoms with Crippen molar-refractivity contribution < 1.29 is 13.3 Å². The number of anilines is 1. The zero-order chi connectivity index (χ0) is 15.5. The molecule has 1 heterocycles. The summed E-state index contributed by atoms with van der Waals surface area (Å²) in [6, 6.07) is 3.31. The highest BCUT2D eigenvalue weighted by molar-refractivity contribution is 7.89. The van der Waals surface area contributed by atoms with Crippen molar-refractivity contribution in [1.29, 1.82) is 0 Å². The summed E-state index contributed by atoms with van der Waals surface area (Å²) in [7, 11) is -3.86.